The molecule has 0 saturated heterocycles. The Kier molecular flexibility index (Phi) is 2.41. The summed E-state index contributed by atoms with van der Waals surface area (Å²) in [4.78, 5) is 19.6. The lowest BCUT2D eigenvalue weighted by Gasteiger charge is -1.98. The molecule has 0 radical (unpaired) electrons. The fourth-order valence-electron chi connectivity index (χ4n) is 0.850. The second kappa shape index (κ2) is 3.36. The zero-order valence-corrected chi connectivity index (χ0v) is 6.66. The van der Waals surface area contributed by atoms with Crippen molar-refractivity contribution in [2.24, 2.45) is 5.73 Å². The first-order chi connectivity index (χ1) is 6.43. The standard InChI is InChI=1S/C7H4F2N2O3/c8-4-1-3(7(10)12)2-5(6(4)9)11(13)14/h1-2H,(H2,10,12). The Morgan fingerprint density at radius 2 is 2.00 bits per heavy atom. The summed E-state index contributed by atoms with van der Waals surface area (Å²) in [5, 5.41) is 10.2. The number of carbonyl (C=O) groups excluding carboxylic acids is 1. The molecule has 0 heterocycles. The van der Waals surface area contributed by atoms with Gasteiger partial charge in [-0.05, 0) is 6.07 Å². The molecular formula is C7H4F2N2O3. The van der Waals surface area contributed by atoms with E-state index >= 15 is 0 Å². The third-order valence-corrected chi connectivity index (χ3v) is 1.49. The van der Waals surface area contributed by atoms with Gasteiger partial charge in [-0.25, -0.2) is 4.39 Å². The molecule has 0 atom stereocenters. The van der Waals surface area contributed by atoms with Crippen LogP contribution in [0, 0.1) is 21.7 Å². The molecule has 1 amide bonds. The fourth-order valence-corrected chi connectivity index (χ4v) is 0.850. The van der Waals surface area contributed by atoms with E-state index in [9.17, 15) is 23.7 Å². The van der Waals surface area contributed by atoms with E-state index in [-0.39, 0.29) is 0 Å². The molecule has 2 N–H and O–H groups in total. The Balaban J connectivity index is 3.43. The number of halogens is 2. The molecule has 0 aliphatic carbocycles. The van der Waals surface area contributed by atoms with Gasteiger partial charge in [0.15, 0.2) is 5.82 Å². The van der Waals surface area contributed by atoms with Crippen LogP contribution in [0.25, 0.3) is 0 Å². The van der Waals surface area contributed by atoms with Crippen LogP contribution in [0.15, 0.2) is 12.1 Å². The largest absolute Gasteiger partial charge is 0.366 e. The van der Waals surface area contributed by atoms with E-state index in [2.05, 4.69) is 0 Å². The van der Waals surface area contributed by atoms with Crippen LogP contribution in [0.2, 0.25) is 0 Å². The lowest BCUT2D eigenvalue weighted by Crippen LogP contribution is -2.12. The van der Waals surface area contributed by atoms with Gasteiger partial charge < -0.3 is 5.73 Å². The van der Waals surface area contributed by atoms with Crippen molar-refractivity contribution in [1.29, 1.82) is 0 Å². The summed E-state index contributed by atoms with van der Waals surface area (Å²) in [6.45, 7) is 0. The van der Waals surface area contributed by atoms with E-state index in [0.717, 1.165) is 0 Å². The van der Waals surface area contributed by atoms with Gasteiger partial charge in [-0.15, -0.1) is 0 Å². The summed E-state index contributed by atoms with van der Waals surface area (Å²) in [6, 6.07) is 1.09. The maximum atomic E-state index is 12.7. The molecule has 0 fully saturated rings. The monoisotopic (exact) mass is 202 g/mol. The van der Waals surface area contributed by atoms with Crippen molar-refractivity contribution in [3.8, 4) is 0 Å². The molecule has 0 aliphatic rings. The van der Waals surface area contributed by atoms with Gasteiger partial charge in [-0.1, -0.05) is 0 Å². The van der Waals surface area contributed by atoms with E-state index in [1.165, 1.54) is 0 Å². The number of nitro benzene ring substituents is 1. The average molecular weight is 202 g/mol. The fraction of sp³-hybridized carbons (Fsp3) is 0. The molecule has 0 aromatic heterocycles. The number of nitrogens with zero attached hydrogens (tertiary/aromatic N) is 1. The van der Waals surface area contributed by atoms with Gasteiger partial charge in [0.25, 0.3) is 0 Å². The molecule has 0 unspecified atom stereocenters. The first-order valence-electron chi connectivity index (χ1n) is 3.36. The smallest absolute Gasteiger partial charge is 0.308 e. The number of carbonyl (C=O) groups is 1. The van der Waals surface area contributed by atoms with Crippen molar-refractivity contribution in [3.63, 3.8) is 0 Å². The number of benzene rings is 1. The van der Waals surface area contributed by atoms with Crippen molar-refractivity contribution in [3.05, 3.63) is 39.4 Å². The van der Waals surface area contributed by atoms with Crippen LogP contribution in [0.5, 0.6) is 0 Å². The Labute approximate surface area is 76.3 Å². The molecule has 1 rings (SSSR count). The van der Waals surface area contributed by atoms with E-state index in [1.807, 2.05) is 0 Å². The van der Waals surface area contributed by atoms with Crippen LogP contribution in [0.3, 0.4) is 0 Å². The van der Waals surface area contributed by atoms with E-state index in [1.54, 1.807) is 0 Å². The van der Waals surface area contributed by atoms with Gasteiger partial charge in [0, 0.05) is 11.6 Å². The van der Waals surface area contributed by atoms with Gasteiger partial charge in [0.05, 0.1) is 4.92 Å². The number of nitro groups is 1. The number of amides is 1. The van der Waals surface area contributed by atoms with Crippen molar-refractivity contribution in [2.45, 2.75) is 0 Å². The summed E-state index contributed by atoms with van der Waals surface area (Å²) < 4.78 is 25.4. The number of hydrogen-bond acceptors (Lipinski definition) is 3. The quantitative estimate of drug-likeness (QED) is 0.572. The molecule has 14 heavy (non-hydrogen) atoms. The van der Waals surface area contributed by atoms with Crippen LogP contribution in [0.1, 0.15) is 10.4 Å². The summed E-state index contributed by atoms with van der Waals surface area (Å²) in [6.07, 6.45) is 0. The highest BCUT2D eigenvalue weighted by molar-refractivity contribution is 5.93. The normalized spacial score (nSPS) is 9.86. The van der Waals surface area contributed by atoms with Crippen molar-refractivity contribution in [2.75, 3.05) is 0 Å². The number of nitrogens with two attached hydrogens (primary N) is 1. The van der Waals surface area contributed by atoms with Crippen molar-refractivity contribution >= 4 is 11.6 Å². The van der Waals surface area contributed by atoms with Crippen molar-refractivity contribution in [1.82, 2.24) is 0 Å². The molecule has 74 valence electrons. The van der Waals surface area contributed by atoms with Gasteiger partial charge in [0.1, 0.15) is 0 Å². The summed E-state index contributed by atoms with van der Waals surface area (Å²) in [5.41, 5.74) is 3.19. The Morgan fingerprint density at radius 3 is 2.43 bits per heavy atom. The SMILES string of the molecule is NC(=O)c1cc(F)c(F)c([N+](=O)[O-])c1. The van der Waals surface area contributed by atoms with Gasteiger partial charge >= 0.3 is 5.69 Å². The van der Waals surface area contributed by atoms with E-state index < -0.39 is 33.7 Å². The summed E-state index contributed by atoms with van der Waals surface area (Å²) in [7, 11) is 0. The van der Waals surface area contributed by atoms with Crippen LogP contribution < -0.4 is 5.73 Å². The van der Waals surface area contributed by atoms with Crippen LogP contribution in [-0.2, 0) is 0 Å². The molecule has 0 saturated carbocycles. The lowest BCUT2D eigenvalue weighted by molar-refractivity contribution is -0.387. The topological polar surface area (TPSA) is 86.2 Å². The predicted molar refractivity (Wildman–Crippen MR) is 41.5 cm³/mol. The zero-order chi connectivity index (χ0) is 10.9. The number of rotatable bonds is 2. The zero-order valence-electron chi connectivity index (χ0n) is 6.66. The number of primary amides is 1. The summed E-state index contributed by atoms with van der Waals surface area (Å²) >= 11 is 0. The van der Waals surface area contributed by atoms with Crippen LogP contribution in [-0.4, -0.2) is 10.8 Å². The lowest BCUT2D eigenvalue weighted by atomic mass is 10.2. The van der Waals surface area contributed by atoms with Gasteiger partial charge in [0.2, 0.25) is 11.7 Å². The predicted octanol–water partition coefficient (Wildman–Crippen LogP) is 0.972. The molecule has 1 aromatic carbocycles. The Hall–Kier alpha value is -2.05. The minimum Gasteiger partial charge on any atom is -0.366 e. The Bertz CT molecular complexity index is 420. The third-order valence-electron chi connectivity index (χ3n) is 1.49. The molecule has 7 heteroatoms. The minimum absolute atomic E-state index is 0.449. The summed E-state index contributed by atoms with van der Waals surface area (Å²) in [5.74, 6) is -4.15. The molecule has 0 bridgehead atoms. The Morgan fingerprint density at radius 1 is 1.43 bits per heavy atom. The van der Waals surface area contributed by atoms with E-state index in [4.69, 9.17) is 5.73 Å². The van der Waals surface area contributed by atoms with Gasteiger partial charge in [-0.2, -0.15) is 4.39 Å². The minimum atomic E-state index is -1.61. The average Bonchev–Trinajstić information content (AvgIpc) is 2.08. The van der Waals surface area contributed by atoms with E-state index in [0.29, 0.717) is 12.1 Å². The highest BCUT2D eigenvalue weighted by Crippen LogP contribution is 2.21. The van der Waals surface area contributed by atoms with Crippen molar-refractivity contribution < 1.29 is 18.5 Å². The molecule has 0 spiro atoms. The molecule has 0 aliphatic heterocycles. The van der Waals surface area contributed by atoms with Crippen LogP contribution >= 0.6 is 0 Å². The first kappa shape index (κ1) is 10.0. The number of hydrogen-bond donors (Lipinski definition) is 1. The first-order valence-corrected chi connectivity index (χ1v) is 3.36. The highest BCUT2D eigenvalue weighted by Gasteiger charge is 2.21. The second-order valence-electron chi connectivity index (χ2n) is 2.41. The molecule has 1 aromatic rings. The maximum absolute atomic E-state index is 12.7. The van der Waals surface area contributed by atoms with Gasteiger partial charge in [-0.3, -0.25) is 14.9 Å². The molecule has 5 nitrogen and oxygen atoms in total. The maximum Gasteiger partial charge on any atom is 0.308 e. The van der Waals surface area contributed by atoms with Crippen LogP contribution in [0.4, 0.5) is 14.5 Å². The third kappa shape index (κ3) is 1.65. The highest BCUT2D eigenvalue weighted by atomic mass is 19.2. The molecular weight excluding hydrogens is 198 g/mol. The second-order valence-corrected chi connectivity index (χ2v) is 2.41.